The monoisotopic (exact) mass is 400 g/mol. The number of aromatic hydroxyl groups is 1. The van der Waals surface area contributed by atoms with E-state index >= 15 is 0 Å². The lowest BCUT2D eigenvalue weighted by molar-refractivity contribution is 0.0184. The molecule has 0 aliphatic carbocycles. The zero-order valence-corrected chi connectivity index (χ0v) is 17.3. The Morgan fingerprint density at radius 2 is 1.79 bits per heavy atom. The number of hydrogen-bond donors (Lipinski definition) is 1. The molecule has 0 radical (unpaired) electrons. The maximum atomic E-state index is 13.1. The summed E-state index contributed by atoms with van der Waals surface area (Å²) in [7, 11) is -3.47. The second-order valence-electron chi connectivity index (χ2n) is 8.40. The van der Waals surface area contributed by atoms with E-state index in [1.807, 2.05) is 18.2 Å². The molecular formula is C22H28N2O3S. The van der Waals surface area contributed by atoms with E-state index < -0.39 is 10.0 Å². The van der Waals surface area contributed by atoms with Crippen molar-refractivity contribution in [2.75, 3.05) is 26.2 Å². The fraction of sp³-hybridized carbons (Fsp3) is 0.455. The van der Waals surface area contributed by atoms with Crippen molar-refractivity contribution < 1.29 is 13.5 Å². The average molecular weight is 401 g/mol. The highest BCUT2D eigenvalue weighted by Crippen LogP contribution is 2.43. The zero-order chi connectivity index (χ0) is 19.9. The molecule has 2 heterocycles. The smallest absolute Gasteiger partial charge is 0.243 e. The molecule has 3 atom stereocenters. The molecule has 4 rings (SSSR count). The van der Waals surface area contributed by atoms with Crippen LogP contribution in [0.2, 0.25) is 0 Å². The number of piperazine rings is 1. The zero-order valence-electron chi connectivity index (χ0n) is 16.5. The highest BCUT2D eigenvalue weighted by Gasteiger charge is 2.46. The van der Waals surface area contributed by atoms with Crippen LogP contribution in [0.4, 0.5) is 0 Å². The van der Waals surface area contributed by atoms with E-state index in [9.17, 15) is 13.5 Å². The molecule has 5 nitrogen and oxygen atoms in total. The first kappa shape index (κ1) is 19.4. The van der Waals surface area contributed by atoms with Gasteiger partial charge in [-0.15, -0.1) is 0 Å². The summed E-state index contributed by atoms with van der Waals surface area (Å²) in [6, 6.07) is 16.4. The van der Waals surface area contributed by atoms with Crippen LogP contribution in [0.5, 0.6) is 5.75 Å². The Morgan fingerprint density at radius 1 is 1.04 bits per heavy atom. The molecule has 2 saturated heterocycles. The molecule has 2 fully saturated rings. The summed E-state index contributed by atoms with van der Waals surface area (Å²) < 4.78 is 27.8. The Kier molecular flexibility index (Phi) is 4.98. The molecule has 2 aromatic carbocycles. The Balaban J connectivity index is 1.59. The first-order valence-corrected chi connectivity index (χ1v) is 11.3. The number of hydrogen-bond acceptors (Lipinski definition) is 4. The van der Waals surface area contributed by atoms with Gasteiger partial charge in [0.1, 0.15) is 5.75 Å². The van der Waals surface area contributed by atoms with E-state index in [4.69, 9.17) is 0 Å². The van der Waals surface area contributed by atoms with Crippen molar-refractivity contribution in [2.24, 2.45) is 5.92 Å². The Labute approximate surface area is 167 Å². The number of nitrogens with zero attached hydrogens (tertiary/aromatic N) is 2. The molecule has 0 aromatic heterocycles. The lowest BCUT2D eigenvalue weighted by atomic mass is 9.65. The van der Waals surface area contributed by atoms with E-state index in [2.05, 4.69) is 24.8 Å². The molecule has 6 heteroatoms. The first-order chi connectivity index (χ1) is 13.3. The second kappa shape index (κ2) is 7.17. The predicted octanol–water partition coefficient (Wildman–Crippen LogP) is 3.06. The fourth-order valence-electron chi connectivity index (χ4n) is 4.77. The molecule has 1 N–H and O–H groups in total. The molecule has 150 valence electrons. The van der Waals surface area contributed by atoms with Gasteiger partial charge in [0.15, 0.2) is 0 Å². The van der Waals surface area contributed by atoms with Crippen molar-refractivity contribution in [3.8, 4) is 5.75 Å². The normalized spacial score (nSPS) is 29.4. The number of phenolic OH excluding ortho intramolecular Hbond substituents is 1. The minimum absolute atomic E-state index is 0.0978. The summed E-state index contributed by atoms with van der Waals surface area (Å²) in [5.74, 6) is 0.702. The average Bonchev–Trinajstić information content (AvgIpc) is 2.69. The third-order valence-corrected chi connectivity index (χ3v) is 8.59. The van der Waals surface area contributed by atoms with Gasteiger partial charge >= 0.3 is 0 Å². The summed E-state index contributed by atoms with van der Waals surface area (Å²) in [4.78, 5) is 2.80. The molecule has 2 aliphatic rings. The van der Waals surface area contributed by atoms with E-state index in [0.717, 1.165) is 25.1 Å². The number of benzene rings is 2. The Morgan fingerprint density at radius 3 is 2.50 bits per heavy atom. The SMILES string of the molecule is C[C@H]1CN2CCN(S(=O)(=O)c3ccccc3)C[C@H]2C[C@@]1(C)c1cccc(O)c1. The largest absolute Gasteiger partial charge is 0.508 e. The fourth-order valence-corrected chi connectivity index (χ4v) is 6.26. The molecule has 0 bridgehead atoms. The van der Waals surface area contributed by atoms with Crippen molar-refractivity contribution in [2.45, 2.75) is 36.6 Å². The van der Waals surface area contributed by atoms with Crippen LogP contribution < -0.4 is 0 Å². The van der Waals surface area contributed by atoms with E-state index in [1.54, 1.807) is 34.6 Å². The molecule has 2 aliphatic heterocycles. The summed E-state index contributed by atoms with van der Waals surface area (Å²) >= 11 is 0. The minimum atomic E-state index is -3.47. The number of phenols is 1. The Bertz CT molecular complexity index is 947. The number of sulfonamides is 1. The van der Waals surface area contributed by atoms with Crippen molar-refractivity contribution in [3.05, 3.63) is 60.2 Å². The van der Waals surface area contributed by atoms with Crippen LogP contribution in [-0.2, 0) is 15.4 Å². The van der Waals surface area contributed by atoms with Crippen LogP contribution in [0.3, 0.4) is 0 Å². The topological polar surface area (TPSA) is 60.9 Å². The minimum Gasteiger partial charge on any atom is -0.508 e. The second-order valence-corrected chi connectivity index (χ2v) is 10.3. The molecule has 0 unspecified atom stereocenters. The maximum Gasteiger partial charge on any atom is 0.243 e. The maximum absolute atomic E-state index is 13.1. The van der Waals surface area contributed by atoms with Gasteiger partial charge in [0.2, 0.25) is 10.0 Å². The number of rotatable bonds is 3. The van der Waals surface area contributed by atoms with Crippen molar-refractivity contribution in [1.29, 1.82) is 0 Å². The van der Waals surface area contributed by atoms with Gasteiger partial charge in [-0.25, -0.2) is 8.42 Å². The van der Waals surface area contributed by atoms with E-state index in [-0.39, 0.29) is 17.2 Å². The molecule has 0 amide bonds. The van der Waals surface area contributed by atoms with Crippen LogP contribution in [0, 0.1) is 5.92 Å². The standard InChI is InChI=1S/C22H28N2O3S/c1-17-15-23-11-12-24(28(26,27)21-9-4-3-5-10-21)16-19(23)14-22(17,2)18-7-6-8-20(25)13-18/h3-10,13,17,19,25H,11-12,14-16H2,1-2H3/t17-,19+,22+/m0/s1. The molecule has 0 saturated carbocycles. The number of piperidine rings is 1. The molecule has 28 heavy (non-hydrogen) atoms. The van der Waals surface area contributed by atoms with Crippen LogP contribution in [-0.4, -0.2) is 55.0 Å². The van der Waals surface area contributed by atoms with Gasteiger partial charge in [0, 0.05) is 32.2 Å². The van der Waals surface area contributed by atoms with Gasteiger partial charge in [-0.3, -0.25) is 4.90 Å². The van der Waals surface area contributed by atoms with E-state index in [0.29, 0.717) is 23.9 Å². The quantitative estimate of drug-likeness (QED) is 0.860. The van der Waals surface area contributed by atoms with Gasteiger partial charge in [-0.2, -0.15) is 4.31 Å². The number of fused-ring (bicyclic) bond motifs is 1. The van der Waals surface area contributed by atoms with Gasteiger partial charge in [-0.1, -0.05) is 44.2 Å². The van der Waals surface area contributed by atoms with Crippen LogP contribution in [0.15, 0.2) is 59.5 Å². The third-order valence-electron chi connectivity index (χ3n) is 6.71. The van der Waals surface area contributed by atoms with Gasteiger partial charge in [0.05, 0.1) is 4.90 Å². The highest BCUT2D eigenvalue weighted by molar-refractivity contribution is 7.89. The third kappa shape index (κ3) is 3.34. The van der Waals surface area contributed by atoms with Crippen molar-refractivity contribution in [1.82, 2.24) is 9.21 Å². The summed E-state index contributed by atoms with van der Waals surface area (Å²) in [5, 5.41) is 9.95. The predicted molar refractivity (Wildman–Crippen MR) is 110 cm³/mol. The Hall–Kier alpha value is -1.89. The molecular weight excluding hydrogens is 372 g/mol. The lowest BCUT2D eigenvalue weighted by Gasteiger charge is -2.52. The van der Waals surface area contributed by atoms with Crippen molar-refractivity contribution >= 4 is 10.0 Å². The summed E-state index contributed by atoms with van der Waals surface area (Å²) in [6.45, 7) is 7.25. The van der Waals surface area contributed by atoms with Gasteiger partial charge in [0.25, 0.3) is 0 Å². The summed E-state index contributed by atoms with van der Waals surface area (Å²) in [6.07, 6.45) is 0.873. The summed E-state index contributed by atoms with van der Waals surface area (Å²) in [5.41, 5.74) is 1.03. The van der Waals surface area contributed by atoms with Crippen LogP contribution in [0.25, 0.3) is 0 Å². The van der Waals surface area contributed by atoms with Gasteiger partial charge < -0.3 is 5.11 Å². The highest BCUT2D eigenvalue weighted by atomic mass is 32.2. The van der Waals surface area contributed by atoms with Crippen LogP contribution in [0.1, 0.15) is 25.8 Å². The lowest BCUT2D eigenvalue weighted by Crippen LogP contribution is -2.61. The first-order valence-electron chi connectivity index (χ1n) is 9.89. The van der Waals surface area contributed by atoms with Gasteiger partial charge in [-0.05, 0) is 47.6 Å². The molecule has 2 aromatic rings. The molecule has 0 spiro atoms. The van der Waals surface area contributed by atoms with Crippen LogP contribution >= 0.6 is 0 Å². The van der Waals surface area contributed by atoms with E-state index in [1.165, 1.54) is 0 Å². The van der Waals surface area contributed by atoms with Crippen molar-refractivity contribution in [3.63, 3.8) is 0 Å².